The molecule has 2 heterocycles. The largest absolute Gasteiger partial charge is 0.371 e. The predicted octanol–water partition coefficient (Wildman–Crippen LogP) is 3.76. The van der Waals surface area contributed by atoms with Gasteiger partial charge in [-0.2, -0.15) is 0 Å². The van der Waals surface area contributed by atoms with Gasteiger partial charge in [0.2, 0.25) is 0 Å². The third kappa shape index (κ3) is 4.70. The van der Waals surface area contributed by atoms with Gasteiger partial charge in [-0.15, -0.1) is 0 Å². The summed E-state index contributed by atoms with van der Waals surface area (Å²) in [7, 11) is 0. The Kier molecular flexibility index (Phi) is 4.92. The highest BCUT2D eigenvalue weighted by Crippen LogP contribution is 2.29. The normalized spacial score (nSPS) is 23.4. The van der Waals surface area contributed by atoms with Crippen LogP contribution in [0.3, 0.4) is 0 Å². The van der Waals surface area contributed by atoms with Gasteiger partial charge < -0.3 is 10.2 Å². The summed E-state index contributed by atoms with van der Waals surface area (Å²) in [6.07, 6.45) is 3.39. The number of nitrogens with one attached hydrogen (secondary N) is 1. The molecule has 3 heteroatoms. The van der Waals surface area contributed by atoms with Crippen molar-refractivity contribution in [1.82, 2.24) is 10.3 Å². The van der Waals surface area contributed by atoms with Gasteiger partial charge in [-0.3, -0.25) is 4.98 Å². The van der Waals surface area contributed by atoms with E-state index in [1.807, 2.05) is 6.20 Å². The molecule has 0 saturated carbocycles. The first-order chi connectivity index (χ1) is 9.74. The molecule has 0 bridgehead atoms. The van der Waals surface area contributed by atoms with E-state index in [1.165, 1.54) is 17.7 Å². The fourth-order valence-corrected chi connectivity index (χ4v) is 3.22. The molecule has 1 aliphatic rings. The van der Waals surface area contributed by atoms with Crippen molar-refractivity contribution in [2.24, 2.45) is 11.8 Å². The van der Waals surface area contributed by atoms with Crippen molar-refractivity contribution >= 4 is 5.69 Å². The Morgan fingerprint density at radius 3 is 2.43 bits per heavy atom. The smallest absolute Gasteiger partial charge is 0.0445 e. The number of aromatic nitrogens is 1. The van der Waals surface area contributed by atoms with Crippen LogP contribution >= 0.6 is 0 Å². The number of hydrogen-bond acceptors (Lipinski definition) is 3. The van der Waals surface area contributed by atoms with E-state index in [9.17, 15) is 0 Å². The van der Waals surface area contributed by atoms with Gasteiger partial charge in [-0.05, 0) is 52.0 Å². The number of piperidine rings is 1. The minimum absolute atomic E-state index is 0.130. The van der Waals surface area contributed by atoms with Crippen LogP contribution in [0.15, 0.2) is 12.3 Å². The predicted molar refractivity (Wildman–Crippen MR) is 90.7 cm³/mol. The van der Waals surface area contributed by atoms with Crippen molar-refractivity contribution in [3.8, 4) is 0 Å². The zero-order chi connectivity index (χ0) is 15.6. The Balaban J connectivity index is 2.22. The van der Waals surface area contributed by atoms with Crippen molar-refractivity contribution in [2.75, 3.05) is 18.0 Å². The van der Waals surface area contributed by atoms with Gasteiger partial charge in [-0.25, -0.2) is 0 Å². The number of nitrogens with zero attached hydrogens (tertiary/aromatic N) is 2. The molecule has 2 atom stereocenters. The van der Waals surface area contributed by atoms with Gasteiger partial charge in [0, 0.05) is 48.3 Å². The molecule has 2 rings (SSSR count). The van der Waals surface area contributed by atoms with E-state index in [2.05, 4.69) is 62.8 Å². The van der Waals surface area contributed by atoms with Crippen LogP contribution in [0.5, 0.6) is 0 Å². The highest BCUT2D eigenvalue weighted by molar-refractivity contribution is 5.54. The molecule has 0 aromatic carbocycles. The quantitative estimate of drug-likeness (QED) is 0.918. The first kappa shape index (κ1) is 16.3. The van der Waals surface area contributed by atoms with Gasteiger partial charge in [0.05, 0.1) is 0 Å². The van der Waals surface area contributed by atoms with Crippen molar-refractivity contribution < 1.29 is 0 Å². The molecule has 3 nitrogen and oxygen atoms in total. The first-order valence-corrected chi connectivity index (χ1v) is 8.20. The van der Waals surface area contributed by atoms with E-state index in [-0.39, 0.29) is 5.54 Å². The summed E-state index contributed by atoms with van der Waals surface area (Å²) < 4.78 is 0. The van der Waals surface area contributed by atoms with Crippen LogP contribution < -0.4 is 10.2 Å². The van der Waals surface area contributed by atoms with Crippen molar-refractivity contribution in [2.45, 2.75) is 60.0 Å². The molecule has 0 spiro atoms. The molecule has 2 unspecified atom stereocenters. The van der Waals surface area contributed by atoms with Crippen LogP contribution in [0.1, 0.15) is 52.3 Å². The maximum Gasteiger partial charge on any atom is 0.0445 e. The summed E-state index contributed by atoms with van der Waals surface area (Å²) in [5.41, 5.74) is 3.93. The van der Waals surface area contributed by atoms with Crippen LogP contribution in [0.4, 0.5) is 5.69 Å². The molecule has 0 aliphatic carbocycles. The average Bonchev–Trinajstić information content (AvgIpc) is 2.35. The standard InChI is InChI=1S/C18H31N3/c1-13-7-14(2)12-21(11-13)17-8-15(3)19-9-16(17)10-20-18(4,5)6/h8-9,13-14,20H,7,10-12H2,1-6H3. The first-order valence-electron chi connectivity index (χ1n) is 8.20. The molecule has 1 aromatic rings. The number of pyridine rings is 1. The van der Waals surface area contributed by atoms with Gasteiger partial charge in [0.1, 0.15) is 0 Å². The fraction of sp³-hybridized carbons (Fsp3) is 0.722. The minimum atomic E-state index is 0.130. The van der Waals surface area contributed by atoms with Crippen molar-refractivity contribution in [1.29, 1.82) is 0 Å². The van der Waals surface area contributed by atoms with Gasteiger partial charge in [0.15, 0.2) is 0 Å². The summed E-state index contributed by atoms with van der Waals surface area (Å²) in [6, 6.07) is 2.25. The summed E-state index contributed by atoms with van der Waals surface area (Å²) in [6.45, 7) is 16.6. The number of aryl methyl sites for hydroxylation is 1. The maximum atomic E-state index is 4.51. The molecule has 21 heavy (non-hydrogen) atoms. The number of hydrogen-bond donors (Lipinski definition) is 1. The zero-order valence-corrected chi connectivity index (χ0v) is 14.5. The van der Waals surface area contributed by atoms with E-state index in [0.717, 1.165) is 37.2 Å². The van der Waals surface area contributed by atoms with E-state index < -0.39 is 0 Å². The third-order valence-electron chi connectivity index (χ3n) is 4.12. The second-order valence-corrected chi connectivity index (χ2v) is 7.91. The second-order valence-electron chi connectivity index (χ2n) is 7.91. The Hall–Kier alpha value is -1.09. The van der Waals surface area contributed by atoms with Crippen molar-refractivity contribution in [3.05, 3.63) is 23.5 Å². The molecule has 1 fully saturated rings. The average molecular weight is 289 g/mol. The van der Waals surface area contributed by atoms with Gasteiger partial charge in [0.25, 0.3) is 0 Å². The summed E-state index contributed by atoms with van der Waals surface area (Å²) in [4.78, 5) is 7.07. The zero-order valence-electron chi connectivity index (χ0n) is 14.5. The van der Waals surface area contributed by atoms with Crippen LogP contribution in [0.25, 0.3) is 0 Å². The van der Waals surface area contributed by atoms with Crippen molar-refractivity contribution in [3.63, 3.8) is 0 Å². The highest BCUT2D eigenvalue weighted by Gasteiger charge is 2.24. The van der Waals surface area contributed by atoms with Gasteiger partial charge in [-0.1, -0.05) is 13.8 Å². The Morgan fingerprint density at radius 2 is 1.86 bits per heavy atom. The maximum absolute atomic E-state index is 4.51. The van der Waals surface area contributed by atoms with E-state index in [4.69, 9.17) is 0 Å². The minimum Gasteiger partial charge on any atom is -0.371 e. The fourth-order valence-electron chi connectivity index (χ4n) is 3.22. The lowest BCUT2D eigenvalue weighted by atomic mass is 9.91. The highest BCUT2D eigenvalue weighted by atomic mass is 15.1. The van der Waals surface area contributed by atoms with E-state index >= 15 is 0 Å². The molecular weight excluding hydrogens is 258 g/mol. The molecule has 0 amide bonds. The SMILES string of the molecule is Cc1cc(N2CC(C)CC(C)C2)c(CNC(C)(C)C)cn1. The Morgan fingerprint density at radius 1 is 1.24 bits per heavy atom. The summed E-state index contributed by atoms with van der Waals surface area (Å²) in [5, 5.41) is 3.59. The Labute approximate surface area is 130 Å². The lowest BCUT2D eigenvalue weighted by Gasteiger charge is -2.38. The Bertz CT molecular complexity index is 466. The molecule has 118 valence electrons. The number of anilines is 1. The van der Waals surface area contributed by atoms with Gasteiger partial charge >= 0.3 is 0 Å². The van der Waals surface area contributed by atoms with Crippen LogP contribution in [0, 0.1) is 18.8 Å². The summed E-state index contributed by atoms with van der Waals surface area (Å²) >= 11 is 0. The number of rotatable bonds is 3. The van der Waals surface area contributed by atoms with Crippen LogP contribution in [-0.4, -0.2) is 23.6 Å². The van der Waals surface area contributed by atoms with E-state index in [0.29, 0.717) is 0 Å². The third-order valence-corrected chi connectivity index (χ3v) is 4.12. The van der Waals surface area contributed by atoms with Crippen LogP contribution in [0.2, 0.25) is 0 Å². The molecule has 1 saturated heterocycles. The lowest BCUT2D eigenvalue weighted by Crippen LogP contribution is -2.40. The monoisotopic (exact) mass is 289 g/mol. The molecule has 1 aliphatic heterocycles. The molecule has 0 radical (unpaired) electrons. The molecule has 1 aromatic heterocycles. The lowest BCUT2D eigenvalue weighted by molar-refractivity contribution is 0.355. The molecule has 1 N–H and O–H groups in total. The molecular formula is C18H31N3. The topological polar surface area (TPSA) is 28.2 Å². The second kappa shape index (κ2) is 6.35. The van der Waals surface area contributed by atoms with Crippen LogP contribution in [-0.2, 0) is 6.54 Å². The van der Waals surface area contributed by atoms with E-state index in [1.54, 1.807) is 0 Å². The summed E-state index contributed by atoms with van der Waals surface area (Å²) in [5.74, 6) is 1.54.